The smallest absolute Gasteiger partial charge is 0.164 e. The van der Waals surface area contributed by atoms with Crippen LogP contribution in [0.3, 0.4) is 0 Å². The minimum atomic E-state index is 0.621. The highest BCUT2D eigenvalue weighted by atomic mass is 32.1. The van der Waals surface area contributed by atoms with E-state index in [1.807, 2.05) is 78.1 Å². The highest BCUT2D eigenvalue weighted by Gasteiger charge is 2.17. The molecule has 0 aliphatic carbocycles. The fourth-order valence-electron chi connectivity index (χ4n) is 6.97. The van der Waals surface area contributed by atoms with Crippen LogP contribution < -0.4 is 0 Å². The zero-order valence-electron chi connectivity index (χ0n) is 28.0. The highest BCUT2D eigenvalue weighted by Crippen LogP contribution is 2.42. The molecule has 0 saturated carbocycles. The summed E-state index contributed by atoms with van der Waals surface area (Å²) >= 11 is 1.86. The van der Waals surface area contributed by atoms with Gasteiger partial charge >= 0.3 is 0 Å². The highest BCUT2D eigenvalue weighted by molar-refractivity contribution is 7.26. The Morgan fingerprint density at radius 2 is 1.22 bits per heavy atom. The van der Waals surface area contributed by atoms with Crippen molar-refractivity contribution in [3.63, 3.8) is 0 Å². The molecule has 3 aromatic heterocycles. The first-order valence-corrected chi connectivity index (χ1v) is 17.8. The first-order valence-electron chi connectivity index (χ1n) is 17.0. The molecule has 5 heteroatoms. The minimum Gasteiger partial charge on any atom is -0.309 e. The molecule has 0 bridgehead atoms. The largest absolute Gasteiger partial charge is 0.309 e. The molecule has 0 aliphatic heterocycles. The van der Waals surface area contributed by atoms with Gasteiger partial charge in [0.1, 0.15) is 0 Å². The molecule has 0 atom stereocenters. The molecule has 9 rings (SSSR count). The number of benzene rings is 6. The van der Waals surface area contributed by atoms with Gasteiger partial charge in [0.25, 0.3) is 0 Å². The Morgan fingerprint density at radius 3 is 1.94 bits per heavy atom. The standard InChI is InChI=1S/C46H32N4S/c1-3-15-34(28-30(2)44-47-45(31-16-6-4-7-17-31)49-46(48-44)32-18-8-5-9-19-32)50-40-24-12-10-20-36(40)37-27-26-33(29-41(37)50)35-22-14-23-39-38-21-11-13-25-42(38)51-43(35)39/h3-29H,1H2,2H3/b30-28+,34-15+. The second-order valence-electron chi connectivity index (χ2n) is 12.6. The Bertz CT molecular complexity index is 2770. The third-order valence-corrected chi connectivity index (χ3v) is 10.6. The third kappa shape index (κ3) is 5.45. The molecule has 0 fully saturated rings. The van der Waals surface area contributed by atoms with Crippen LogP contribution in [0.5, 0.6) is 0 Å². The van der Waals surface area contributed by atoms with Gasteiger partial charge in [0.15, 0.2) is 17.5 Å². The first kappa shape index (κ1) is 30.6. The van der Waals surface area contributed by atoms with Crippen molar-refractivity contribution in [3.05, 3.63) is 176 Å². The third-order valence-electron chi connectivity index (χ3n) is 9.35. The van der Waals surface area contributed by atoms with E-state index in [1.165, 1.54) is 42.1 Å². The van der Waals surface area contributed by atoms with E-state index >= 15 is 0 Å². The Morgan fingerprint density at radius 1 is 0.588 bits per heavy atom. The fourth-order valence-corrected chi connectivity index (χ4v) is 8.21. The van der Waals surface area contributed by atoms with Crippen molar-refractivity contribution in [1.29, 1.82) is 0 Å². The van der Waals surface area contributed by atoms with Crippen LogP contribution in [0.1, 0.15) is 12.7 Å². The fraction of sp³-hybridized carbons (Fsp3) is 0.0217. The first-order chi connectivity index (χ1) is 25.2. The predicted octanol–water partition coefficient (Wildman–Crippen LogP) is 12.5. The van der Waals surface area contributed by atoms with Gasteiger partial charge in [0.2, 0.25) is 0 Å². The summed E-state index contributed by atoms with van der Waals surface area (Å²) < 4.78 is 4.94. The second kappa shape index (κ2) is 12.8. The van der Waals surface area contributed by atoms with E-state index in [9.17, 15) is 0 Å². The number of allylic oxidation sites excluding steroid dienone is 5. The van der Waals surface area contributed by atoms with Gasteiger partial charge in [0, 0.05) is 47.8 Å². The number of fused-ring (bicyclic) bond motifs is 6. The number of thiophene rings is 1. The number of hydrogen-bond donors (Lipinski definition) is 0. The monoisotopic (exact) mass is 672 g/mol. The summed E-state index contributed by atoms with van der Waals surface area (Å²) in [6.07, 6.45) is 6.07. The molecular formula is C46H32N4S. The number of hydrogen-bond acceptors (Lipinski definition) is 4. The maximum absolute atomic E-state index is 5.00. The van der Waals surface area contributed by atoms with Crippen molar-refractivity contribution in [2.45, 2.75) is 6.92 Å². The van der Waals surface area contributed by atoms with Crippen molar-refractivity contribution in [3.8, 4) is 33.9 Å². The molecule has 6 aromatic carbocycles. The lowest BCUT2D eigenvalue weighted by Gasteiger charge is -2.12. The number of rotatable bonds is 7. The molecule has 0 amide bonds. The lowest BCUT2D eigenvalue weighted by Crippen LogP contribution is -2.03. The maximum Gasteiger partial charge on any atom is 0.164 e. The molecule has 9 aromatic rings. The molecule has 0 N–H and O–H groups in total. The van der Waals surface area contributed by atoms with E-state index in [1.54, 1.807) is 0 Å². The van der Waals surface area contributed by atoms with E-state index in [4.69, 9.17) is 15.0 Å². The normalized spacial score (nSPS) is 12.3. The Balaban J connectivity index is 1.23. The quantitative estimate of drug-likeness (QED) is 0.158. The number of para-hydroxylation sites is 1. The average Bonchev–Trinajstić information content (AvgIpc) is 3.74. The van der Waals surface area contributed by atoms with Crippen molar-refractivity contribution >= 4 is 64.6 Å². The molecule has 0 spiro atoms. The van der Waals surface area contributed by atoms with E-state index in [0.29, 0.717) is 17.5 Å². The van der Waals surface area contributed by atoms with Crippen molar-refractivity contribution in [1.82, 2.24) is 19.5 Å². The van der Waals surface area contributed by atoms with Crippen LogP contribution in [0.4, 0.5) is 0 Å². The summed E-state index contributed by atoms with van der Waals surface area (Å²) in [4.78, 5) is 14.9. The molecule has 0 aliphatic rings. The van der Waals surface area contributed by atoms with Gasteiger partial charge in [-0.3, -0.25) is 0 Å². The van der Waals surface area contributed by atoms with Crippen LogP contribution in [0.15, 0.2) is 170 Å². The van der Waals surface area contributed by atoms with Gasteiger partial charge in [-0.15, -0.1) is 11.3 Å². The van der Waals surface area contributed by atoms with Gasteiger partial charge in [-0.05, 0) is 54.0 Å². The van der Waals surface area contributed by atoms with Crippen LogP contribution in [0.25, 0.3) is 87.2 Å². The Hall–Kier alpha value is -6.43. The average molecular weight is 673 g/mol. The predicted molar refractivity (Wildman–Crippen MR) is 217 cm³/mol. The zero-order valence-corrected chi connectivity index (χ0v) is 28.8. The van der Waals surface area contributed by atoms with Crippen LogP contribution in [-0.4, -0.2) is 19.5 Å². The van der Waals surface area contributed by atoms with Gasteiger partial charge in [0.05, 0.1) is 11.0 Å². The topological polar surface area (TPSA) is 43.6 Å². The molecule has 0 radical (unpaired) electrons. The molecule has 51 heavy (non-hydrogen) atoms. The summed E-state index contributed by atoms with van der Waals surface area (Å²) in [5.41, 5.74) is 8.42. The Kier molecular flexibility index (Phi) is 7.68. The zero-order chi connectivity index (χ0) is 34.3. The molecule has 3 heterocycles. The maximum atomic E-state index is 5.00. The number of aromatic nitrogens is 4. The van der Waals surface area contributed by atoms with E-state index in [0.717, 1.165) is 33.4 Å². The molecule has 4 nitrogen and oxygen atoms in total. The number of nitrogens with zero attached hydrogens (tertiary/aromatic N) is 4. The van der Waals surface area contributed by atoms with E-state index in [-0.39, 0.29) is 0 Å². The van der Waals surface area contributed by atoms with E-state index < -0.39 is 0 Å². The van der Waals surface area contributed by atoms with Crippen molar-refractivity contribution < 1.29 is 0 Å². The van der Waals surface area contributed by atoms with Gasteiger partial charge in [-0.2, -0.15) is 0 Å². The summed E-state index contributed by atoms with van der Waals surface area (Å²) in [7, 11) is 0. The van der Waals surface area contributed by atoms with Gasteiger partial charge < -0.3 is 4.57 Å². The molecule has 242 valence electrons. The summed E-state index contributed by atoms with van der Waals surface area (Å²) in [5.74, 6) is 1.90. The van der Waals surface area contributed by atoms with Crippen molar-refractivity contribution in [2.24, 2.45) is 0 Å². The van der Waals surface area contributed by atoms with Crippen LogP contribution >= 0.6 is 11.3 Å². The lowest BCUT2D eigenvalue weighted by atomic mass is 10.0. The van der Waals surface area contributed by atoms with Gasteiger partial charge in [-0.25, -0.2) is 15.0 Å². The lowest BCUT2D eigenvalue weighted by molar-refractivity contribution is 1.03. The van der Waals surface area contributed by atoms with Crippen LogP contribution in [0.2, 0.25) is 0 Å². The van der Waals surface area contributed by atoms with Gasteiger partial charge in [-0.1, -0.05) is 140 Å². The summed E-state index contributed by atoms with van der Waals surface area (Å²) in [6.45, 7) is 6.19. The van der Waals surface area contributed by atoms with E-state index in [2.05, 4.69) is 115 Å². The summed E-state index contributed by atoms with van der Waals surface area (Å²) in [5, 5.41) is 4.98. The second-order valence-corrected chi connectivity index (χ2v) is 13.6. The van der Waals surface area contributed by atoms with Crippen LogP contribution in [0, 0.1) is 0 Å². The SMILES string of the molecule is C=C/C=C(\C=C(/C)c1nc(-c2ccccc2)nc(-c2ccccc2)n1)n1c2ccccc2c2ccc(-c3cccc4c3sc3ccccc34)cc21. The minimum absolute atomic E-state index is 0.621. The molecule has 0 saturated heterocycles. The molecular weight excluding hydrogens is 641 g/mol. The molecule has 0 unspecified atom stereocenters. The Labute approximate surface area is 300 Å². The summed E-state index contributed by atoms with van der Waals surface area (Å²) in [6, 6.07) is 50.9. The van der Waals surface area contributed by atoms with Crippen LogP contribution in [-0.2, 0) is 0 Å². The van der Waals surface area contributed by atoms with Crippen molar-refractivity contribution in [2.75, 3.05) is 0 Å².